The fourth-order valence-corrected chi connectivity index (χ4v) is 10.2. The molecule has 0 unspecified atom stereocenters. The first-order valence-corrected chi connectivity index (χ1v) is 15.5. The van der Waals surface area contributed by atoms with Crippen LogP contribution in [0.25, 0.3) is 0 Å². The van der Waals surface area contributed by atoms with Crippen LogP contribution in [0.1, 0.15) is 53.4 Å². The average molecular weight is 556 g/mol. The molecule has 0 aromatic heterocycles. The maximum Gasteiger partial charge on any atom is 0.261 e. The zero-order valence-electron chi connectivity index (χ0n) is 21.4. The van der Waals surface area contributed by atoms with Crippen LogP contribution < -0.4 is 10.4 Å². The van der Waals surface area contributed by atoms with E-state index in [0.717, 1.165) is 19.3 Å². The lowest BCUT2D eigenvalue weighted by molar-refractivity contribution is 0.0182. The Morgan fingerprint density at radius 2 is 1.66 bits per heavy atom. The van der Waals surface area contributed by atoms with Crippen molar-refractivity contribution in [3.05, 3.63) is 72.8 Å². The molecule has 5 heteroatoms. The SMILES string of the molecule is CC/C=C/C[C@@H](Br)[C@H]1C[C@H](O[Si](c2ccccc2)(c2ccccc2)C(C)(C)C)[C@@H](CC#CCO)O1. The van der Waals surface area contributed by atoms with Crippen molar-refractivity contribution < 1.29 is 14.3 Å². The number of aliphatic hydroxyl groups excluding tert-OH is 1. The molecule has 1 N–H and O–H groups in total. The highest BCUT2D eigenvalue weighted by Gasteiger charge is 2.53. The maximum absolute atomic E-state index is 9.20. The van der Waals surface area contributed by atoms with Crippen LogP contribution in [0.15, 0.2) is 72.8 Å². The fraction of sp³-hybridized carbons (Fsp3) is 0.467. The third kappa shape index (κ3) is 6.75. The Bertz CT molecular complexity index is 952. The van der Waals surface area contributed by atoms with Crippen molar-refractivity contribution in [3.63, 3.8) is 0 Å². The average Bonchev–Trinajstić information content (AvgIpc) is 3.25. The van der Waals surface area contributed by atoms with Crippen molar-refractivity contribution in [2.45, 2.75) is 81.6 Å². The number of alkyl halides is 1. The van der Waals surface area contributed by atoms with Gasteiger partial charge in [0.1, 0.15) is 6.61 Å². The summed E-state index contributed by atoms with van der Waals surface area (Å²) in [6, 6.07) is 21.5. The molecule has 0 saturated carbocycles. The van der Waals surface area contributed by atoms with Crippen molar-refractivity contribution in [2.75, 3.05) is 6.61 Å². The summed E-state index contributed by atoms with van der Waals surface area (Å²) in [6.45, 7) is 8.91. The highest BCUT2D eigenvalue weighted by Crippen LogP contribution is 2.41. The van der Waals surface area contributed by atoms with Crippen molar-refractivity contribution in [2.24, 2.45) is 0 Å². The van der Waals surface area contributed by atoms with Gasteiger partial charge in [-0.15, -0.1) is 0 Å². The van der Waals surface area contributed by atoms with Gasteiger partial charge in [0.2, 0.25) is 0 Å². The second-order valence-corrected chi connectivity index (χ2v) is 15.5. The normalized spacial score (nSPS) is 21.6. The Morgan fingerprint density at radius 3 is 2.17 bits per heavy atom. The second-order valence-electron chi connectivity index (χ2n) is 10.1. The highest BCUT2D eigenvalue weighted by atomic mass is 79.9. The first kappa shape index (κ1) is 27.9. The molecule has 2 aromatic rings. The Labute approximate surface area is 221 Å². The van der Waals surface area contributed by atoms with Gasteiger partial charge in [-0.25, -0.2) is 0 Å². The lowest BCUT2D eigenvalue weighted by Crippen LogP contribution is -2.68. The molecular weight excluding hydrogens is 516 g/mol. The molecule has 0 spiro atoms. The summed E-state index contributed by atoms with van der Waals surface area (Å²) >= 11 is 3.88. The molecule has 1 aliphatic heterocycles. The molecule has 0 aliphatic carbocycles. The van der Waals surface area contributed by atoms with E-state index >= 15 is 0 Å². The third-order valence-electron chi connectivity index (χ3n) is 6.65. The Morgan fingerprint density at radius 1 is 1.06 bits per heavy atom. The summed E-state index contributed by atoms with van der Waals surface area (Å²) in [4.78, 5) is 0.214. The van der Waals surface area contributed by atoms with Gasteiger partial charge in [-0.1, -0.05) is 128 Å². The van der Waals surface area contributed by atoms with Crippen LogP contribution in [-0.4, -0.2) is 43.2 Å². The topological polar surface area (TPSA) is 38.7 Å². The molecule has 3 nitrogen and oxygen atoms in total. The predicted octanol–water partition coefficient (Wildman–Crippen LogP) is 5.59. The number of hydrogen-bond acceptors (Lipinski definition) is 3. The van der Waals surface area contributed by atoms with Crippen LogP contribution in [0.3, 0.4) is 0 Å². The van der Waals surface area contributed by atoms with Crippen molar-refractivity contribution in [3.8, 4) is 11.8 Å². The summed E-state index contributed by atoms with van der Waals surface area (Å²) in [5.74, 6) is 5.90. The van der Waals surface area contributed by atoms with Crippen LogP contribution in [-0.2, 0) is 9.16 Å². The van der Waals surface area contributed by atoms with E-state index in [2.05, 4.69) is 128 Å². The minimum atomic E-state index is -2.71. The molecule has 0 bridgehead atoms. The van der Waals surface area contributed by atoms with Crippen LogP contribution in [0.5, 0.6) is 0 Å². The number of aliphatic hydroxyl groups is 1. The molecule has 1 heterocycles. The van der Waals surface area contributed by atoms with Crippen LogP contribution >= 0.6 is 15.9 Å². The molecule has 3 rings (SSSR count). The molecular formula is C30H39BrO3Si. The lowest BCUT2D eigenvalue weighted by atomic mass is 10.1. The third-order valence-corrected chi connectivity index (χ3v) is 12.7. The fourth-order valence-electron chi connectivity index (χ4n) is 4.98. The van der Waals surface area contributed by atoms with Gasteiger partial charge in [0.15, 0.2) is 0 Å². The number of allylic oxidation sites excluding steroid dienone is 2. The van der Waals surface area contributed by atoms with Gasteiger partial charge in [0.25, 0.3) is 8.32 Å². The Balaban J connectivity index is 2.02. The second kappa shape index (κ2) is 13.0. The van der Waals surface area contributed by atoms with Gasteiger partial charge in [-0.2, -0.15) is 0 Å². The molecule has 35 heavy (non-hydrogen) atoms. The van der Waals surface area contributed by atoms with E-state index in [4.69, 9.17) is 9.16 Å². The van der Waals surface area contributed by atoms with E-state index in [0.29, 0.717) is 6.42 Å². The number of benzene rings is 2. The van der Waals surface area contributed by atoms with Gasteiger partial charge in [0.05, 0.1) is 18.3 Å². The van der Waals surface area contributed by atoms with E-state index < -0.39 is 8.32 Å². The van der Waals surface area contributed by atoms with Crippen molar-refractivity contribution in [1.29, 1.82) is 0 Å². The van der Waals surface area contributed by atoms with E-state index in [-0.39, 0.29) is 34.8 Å². The lowest BCUT2D eigenvalue weighted by Gasteiger charge is -2.45. The van der Waals surface area contributed by atoms with Crippen LogP contribution in [0.4, 0.5) is 0 Å². The smallest absolute Gasteiger partial charge is 0.261 e. The standard InChI is InChI=1S/C30H39BrO3Si/c1-5-6-9-20-26(31)28-23-29(27(33-28)21-14-15-22-32)34-35(30(2,3)4,24-16-10-7-11-17-24)25-18-12-8-13-19-25/h6-13,16-19,26-29,32H,5,20-23H2,1-4H3/b9-6+/t26-,27-,28-,29+/m1/s1. The largest absolute Gasteiger partial charge is 0.402 e. The predicted molar refractivity (Wildman–Crippen MR) is 152 cm³/mol. The van der Waals surface area contributed by atoms with E-state index in [1.54, 1.807) is 0 Å². The molecule has 1 saturated heterocycles. The van der Waals surface area contributed by atoms with Gasteiger partial charge in [-0.05, 0) is 28.3 Å². The minimum absolute atomic E-state index is 0.0423. The van der Waals surface area contributed by atoms with E-state index in [9.17, 15) is 5.11 Å². The van der Waals surface area contributed by atoms with Crippen LogP contribution in [0, 0.1) is 11.8 Å². The molecule has 0 radical (unpaired) electrons. The van der Waals surface area contributed by atoms with Gasteiger partial charge >= 0.3 is 0 Å². The van der Waals surface area contributed by atoms with Crippen molar-refractivity contribution >= 4 is 34.6 Å². The monoisotopic (exact) mass is 554 g/mol. The quantitative estimate of drug-likeness (QED) is 0.190. The van der Waals surface area contributed by atoms with E-state index in [1.165, 1.54) is 10.4 Å². The van der Waals surface area contributed by atoms with Crippen LogP contribution in [0.2, 0.25) is 5.04 Å². The molecule has 1 aliphatic rings. The van der Waals surface area contributed by atoms with E-state index in [1.807, 2.05) is 0 Å². The zero-order valence-corrected chi connectivity index (χ0v) is 24.0. The number of ether oxygens (including phenoxy) is 1. The number of rotatable bonds is 9. The molecule has 188 valence electrons. The summed E-state index contributed by atoms with van der Waals surface area (Å²) in [7, 11) is -2.71. The zero-order chi connectivity index (χ0) is 25.3. The highest BCUT2D eigenvalue weighted by molar-refractivity contribution is 9.09. The first-order chi connectivity index (χ1) is 16.8. The molecule has 1 fully saturated rings. The summed E-state index contributed by atoms with van der Waals surface area (Å²) < 4.78 is 14.0. The van der Waals surface area contributed by atoms with Crippen molar-refractivity contribution in [1.82, 2.24) is 0 Å². The van der Waals surface area contributed by atoms with Gasteiger partial charge in [-0.3, -0.25) is 0 Å². The minimum Gasteiger partial charge on any atom is -0.402 e. The Hall–Kier alpha value is -1.68. The Kier molecular flexibility index (Phi) is 10.4. The number of hydrogen-bond donors (Lipinski definition) is 1. The van der Waals surface area contributed by atoms with Gasteiger partial charge in [0, 0.05) is 17.7 Å². The number of halogens is 1. The molecule has 0 amide bonds. The summed E-state index contributed by atoms with van der Waals surface area (Å²) in [5, 5.41) is 11.6. The van der Waals surface area contributed by atoms with Gasteiger partial charge < -0.3 is 14.3 Å². The summed E-state index contributed by atoms with van der Waals surface area (Å²) in [6.07, 6.45) is 7.54. The first-order valence-electron chi connectivity index (χ1n) is 12.6. The summed E-state index contributed by atoms with van der Waals surface area (Å²) in [5.41, 5.74) is 0. The molecule has 4 atom stereocenters. The maximum atomic E-state index is 9.20. The molecule has 2 aromatic carbocycles.